The van der Waals surface area contributed by atoms with E-state index in [4.69, 9.17) is 4.65 Å². The Hall–Kier alpha value is -1.49. The maximum absolute atomic E-state index is 11.5. The number of benzene rings is 1. The predicted molar refractivity (Wildman–Crippen MR) is 65.9 cm³/mol. The second-order valence-electron chi connectivity index (χ2n) is 4.29. The molecule has 0 radical (unpaired) electrons. The van der Waals surface area contributed by atoms with E-state index in [-0.39, 0.29) is 6.04 Å². The average Bonchev–Trinajstić information content (AvgIpc) is 2.82. The van der Waals surface area contributed by atoms with Gasteiger partial charge in [0.2, 0.25) is 0 Å². The van der Waals surface area contributed by atoms with E-state index in [9.17, 15) is 9.82 Å². The highest BCUT2D eigenvalue weighted by atomic mass is 16.6. The largest absolute Gasteiger partial charge is 0.563 e. The zero-order valence-corrected chi connectivity index (χ0v) is 9.63. The topological polar surface area (TPSA) is 58.6 Å². The van der Waals surface area contributed by atoms with Gasteiger partial charge in [0, 0.05) is 6.04 Å². The molecule has 0 aromatic heterocycles. The fraction of sp³-hybridized carbons (Fsp3) is 0.417. The molecular formula is C12H16BNO3. The molecule has 5 heteroatoms. The standard InChI is InChI=1S/C12H16BNO3/c15-12(14-11-8-4-5-9-11)17-13(16)10-6-2-1-3-7-10/h1-3,6-7,11,16H,4-5,8-9H2,(H,14,15). The minimum atomic E-state index is -1.20. The zero-order valence-electron chi connectivity index (χ0n) is 9.63. The molecule has 0 bridgehead atoms. The molecule has 0 unspecified atom stereocenters. The maximum Gasteiger partial charge on any atom is 0.563 e. The van der Waals surface area contributed by atoms with Crippen molar-refractivity contribution in [3.63, 3.8) is 0 Å². The van der Waals surface area contributed by atoms with Gasteiger partial charge in [0.05, 0.1) is 0 Å². The first-order chi connectivity index (χ1) is 8.25. The Morgan fingerprint density at radius 2 is 1.94 bits per heavy atom. The van der Waals surface area contributed by atoms with Gasteiger partial charge in [0.15, 0.2) is 0 Å². The van der Waals surface area contributed by atoms with Crippen molar-refractivity contribution < 1.29 is 14.5 Å². The SMILES string of the molecule is O=C(NC1CCCC1)OB(O)c1ccccc1. The fourth-order valence-corrected chi connectivity index (χ4v) is 2.06. The number of amides is 1. The molecule has 0 heterocycles. The van der Waals surface area contributed by atoms with Gasteiger partial charge >= 0.3 is 13.2 Å². The highest BCUT2D eigenvalue weighted by Gasteiger charge is 2.24. The molecule has 2 rings (SSSR count). The number of hydrogen-bond donors (Lipinski definition) is 2. The van der Waals surface area contributed by atoms with Crippen LogP contribution in [0, 0.1) is 0 Å². The third kappa shape index (κ3) is 3.49. The first kappa shape index (κ1) is 12.0. The molecule has 1 saturated carbocycles. The van der Waals surface area contributed by atoms with E-state index in [0.29, 0.717) is 5.46 Å². The second kappa shape index (κ2) is 5.73. The van der Waals surface area contributed by atoms with Crippen LogP contribution in [0.5, 0.6) is 0 Å². The molecule has 1 amide bonds. The van der Waals surface area contributed by atoms with Gasteiger partial charge in [-0.1, -0.05) is 43.2 Å². The lowest BCUT2D eigenvalue weighted by Gasteiger charge is -2.14. The molecule has 0 atom stereocenters. The monoisotopic (exact) mass is 233 g/mol. The van der Waals surface area contributed by atoms with E-state index in [1.807, 2.05) is 6.07 Å². The van der Waals surface area contributed by atoms with Crippen LogP contribution in [0.1, 0.15) is 25.7 Å². The van der Waals surface area contributed by atoms with Crippen LogP contribution < -0.4 is 10.8 Å². The zero-order chi connectivity index (χ0) is 12.1. The first-order valence-electron chi connectivity index (χ1n) is 5.96. The molecule has 1 aromatic carbocycles. The second-order valence-corrected chi connectivity index (χ2v) is 4.29. The van der Waals surface area contributed by atoms with Crippen LogP contribution in [-0.4, -0.2) is 24.3 Å². The number of rotatable bonds is 3. The van der Waals surface area contributed by atoms with Gasteiger partial charge in [0.25, 0.3) is 0 Å². The Bertz CT molecular complexity index is 365. The summed E-state index contributed by atoms with van der Waals surface area (Å²) < 4.78 is 4.90. The minimum absolute atomic E-state index is 0.200. The molecule has 1 aliphatic carbocycles. The Balaban J connectivity index is 1.81. The van der Waals surface area contributed by atoms with Crippen molar-refractivity contribution in [1.29, 1.82) is 0 Å². The Morgan fingerprint density at radius 3 is 2.59 bits per heavy atom. The summed E-state index contributed by atoms with van der Waals surface area (Å²) in [7, 11) is -1.20. The van der Waals surface area contributed by atoms with Crippen LogP contribution in [0.2, 0.25) is 0 Å². The highest BCUT2D eigenvalue weighted by Crippen LogP contribution is 2.17. The first-order valence-corrected chi connectivity index (χ1v) is 5.96. The smallest absolute Gasteiger partial charge is 0.489 e. The third-order valence-corrected chi connectivity index (χ3v) is 2.98. The van der Waals surface area contributed by atoms with E-state index in [0.717, 1.165) is 25.7 Å². The lowest BCUT2D eigenvalue weighted by Crippen LogP contribution is -2.42. The number of nitrogens with one attached hydrogen (secondary N) is 1. The van der Waals surface area contributed by atoms with Crippen LogP contribution in [0.3, 0.4) is 0 Å². The number of carbonyl (C=O) groups is 1. The molecule has 1 aromatic rings. The van der Waals surface area contributed by atoms with Crippen molar-refractivity contribution in [3.05, 3.63) is 30.3 Å². The van der Waals surface area contributed by atoms with Crippen molar-refractivity contribution in [1.82, 2.24) is 5.32 Å². The Morgan fingerprint density at radius 1 is 1.29 bits per heavy atom. The summed E-state index contributed by atoms with van der Waals surface area (Å²) in [5.41, 5.74) is 0.578. The Kier molecular flexibility index (Phi) is 4.04. The summed E-state index contributed by atoms with van der Waals surface area (Å²) >= 11 is 0. The van der Waals surface area contributed by atoms with Crippen LogP contribution in [0.15, 0.2) is 30.3 Å². The lowest BCUT2D eigenvalue weighted by molar-refractivity contribution is 0.189. The summed E-state index contributed by atoms with van der Waals surface area (Å²) in [4.78, 5) is 11.5. The average molecular weight is 233 g/mol. The fourth-order valence-electron chi connectivity index (χ4n) is 2.06. The summed E-state index contributed by atoms with van der Waals surface area (Å²) in [6, 6.07) is 9.05. The van der Waals surface area contributed by atoms with Crippen molar-refractivity contribution in [3.8, 4) is 0 Å². The summed E-state index contributed by atoms with van der Waals surface area (Å²) in [5.74, 6) is 0. The van der Waals surface area contributed by atoms with Crippen molar-refractivity contribution in [2.24, 2.45) is 0 Å². The van der Waals surface area contributed by atoms with Crippen LogP contribution in [0.4, 0.5) is 4.79 Å². The van der Waals surface area contributed by atoms with Gasteiger partial charge in [-0.25, -0.2) is 4.79 Å². The van der Waals surface area contributed by atoms with Gasteiger partial charge < -0.3 is 15.0 Å². The molecule has 0 spiro atoms. The van der Waals surface area contributed by atoms with E-state index in [1.165, 1.54) is 0 Å². The quantitative estimate of drug-likeness (QED) is 0.767. The minimum Gasteiger partial charge on any atom is -0.489 e. The molecule has 17 heavy (non-hydrogen) atoms. The lowest BCUT2D eigenvalue weighted by atomic mass is 9.80. The molecule has 0 aliphatic heterocycles. The molecule has 90 valence electrons. The van der Waals surface area contributed by atoms with Gasteiger partial charge in [-0.3, -0.25) is 0 Å². The van der Waals surface area contributed by atoms with Crippen molar-refractivity contribution in [2.75, 3.05) is 0 Å². The molecule has 4 nitrogen and oxygen atoms in total. The van der Waals surface area contributed by atoms with Gasteiger partial charge in [0.1, 0.15) is 0 Å². The van der Waals surface area contributed by atoms with Crippen LogP contribution >= 0.6 is 0 Å². The van der Waals surface area contributed by atoms with Gasteiger partial charge in [-0.15, -0.1) is 0 Å². The molecule has 1 aliphatic rings. The van der Waals surface area contributed by atoms with Crippen LogP contribution in [0.25, 0.3) is 0 Å². The van der Waals surface area contributed by atoms with E-state index in [1.54, 1.807) is 24.3 Å². The number of carbonyl (C=O) groups excluding carboxylic acids is 1. The highest BCUT2D eigenvalue weighted by molar-refractivity contribution is 6.61. The predicted octanol–water partition coefficient (Wildman–Crippen LogP) is 1.04. The summed E-state index contributed by atoms with van der Waals surface area (Å²) in [6.45, 7) is 0. The van der Waals surface area contributed by atoms with Gasteiger partial charge in [-0.05, 0) is 18.3 Å². The van der Waals surface area contributed by atoms with E-state index in [2.05, 4.69) is 5.32 Å². The van der Waals surface area contributed by atoms with E-state index >= 15 is 0 Å². The normalized spacial score (nSPS) is 15.6. The van der Waals surface area contributed by atoms with Crippen LogP contribution in [-0.2, 0) is 4.65 Å². The number of hydrogen-bond acceptors (Lipinski definition) is 3. The molecule has 0 saturated heterocycles. The molecule has 1 fully saturated rings. The van der Waals surface area contributed by atoms with Crippen molar-refractivity contribution >= 4 is 18.7 Å². The van der Waals surface area contributed by atoms with Crippen molar-refractivity contribution in [2.45, 2.75) is 31.7 Å². The third-order valence-electron chi connectivity index (χ3n) is 2.98. The maximum atomic E-state index is 11.5. The summed E-state index contributed by atoms with van der Waals surface area (Å²) in [5, 5.41) is 12.4. The molecule has 2 N–H and O–H groups in total. The summed E-state index contributed by atoms with van der Waals surface area (Å²) in [6.07, 6.45) is 3.74. The van der Waals surface area contributed by atoms with E-state index < -0.39 is 13.2 Å². The van der Waals surface area contributed by atoms with Gasteiger partial charge in [-0.2, -0.15) is 0 Å². The Labute approximate surface area is 101 Å². The molecular weight excluding hydrogens is 217 g/mol.